The second-order valence-electron chi connectivity index (χ2n) is 5.11. The summed E-state index contributed by atoms with van der Waals surface area (Å²) in [5.41, 5.74) is 5.81. The Kier molecular flexibility index (Phi) is 4.36. The molecule has 2 atom stereocenters. The zero-order valence-electron chi connectivity index (χ0n) is 10.3. The molecule has 2 saturated heterocycles. The number of nitrogens with two attached hydrogens (primary N) is 1. The van der Waals surface area contributed by atoms with Crippen molar-refractivity contribution in [2.45, 2.75) is 44.4 Å². The Morgan fingerprint density at radius 2 is 1.88 bits per heavy atom. The first-order chi connectivity index (χ1) is 8.18. The van der Waals surface area contributed by atoms with Crippen LogP contribution >= 0.6 is 0 Å². The molecule has 0 aromatic rings. The van der Waals surface area contributed by atoms with Crippen molar-refractivity contribution in [2.75, 3.05) is 26.2 Å². The third-order valence-electron chi connectivity index (χ3n) is 3.77. The van der Waals surface area contributed by atoms with Gasteiger partial charge in [0.05, 0.1) is 12.6 Å². The van der Waals surface area contributed by atoms with Gasteiger partial charge in [0.25, 0.3) is 0 Å². The topological polar surface area (TPSA) is 69.8 Å². The van der Waals surface area contributed by atoms with Gasteiger partial charge in [0.15, 0.2) is 0 Å². The van der Waals surface area contributed by atoms with Crippen LogP contribution in [0, 0.1) is 0 Å². The van der Waals surface area contributed by atoms with Crippen molar-refractivity contribution < 1.29 is 9.90 Å². The average Bonchev–Trinajstić information content (AvgIpc) is 2.80. The number of rotatable bonds is 3. The molecule has 0 aliphatic carbocycles. The number of nitrogens with zero attached hydrogens (tertiary/aromatic N) is 2. The van der Waals surface area contributed by atoms with Gasteiger partial charge in [-0.15, -0.1) is 0 Å². The van der Waals surface area contributed by atoms with Crippen LogP contribution in [0.3, 0.4) is 0 Å². The normalized spacial score (nSPS) is 29.4. The van der Waals surface area contributed by atoms with Gasteiger partial charge in [0, 0.05) is 19.6 Å². The molecule has 5 heteroatoms. The van der Waals surface area contributed by atoms with Crippen LogP contribution in [-0.4, -0.2) is 59.3 Å². The summed E-state index contributed by atoms with van der Waals surface area (Å²) >= 11 is 0. The molecule has 2 rings (SSSR count). The van der Waals surface area contributed by atoms with Gasteiger partial charge < -0.3 is 15.7 Å². The molecule has 0 radical (unpaired) electrons. The van der Waals surface area contributed by atoms with Gasteiger partial charge >= 0.3 is 0 Å². The predicted molar refractivity (Wildman–Crippen MR) is 65.2 cm³/mol. The Morgan fingerprint density at radius 1 is 1.24 bits per heavy atom. The van der Waals surface area contributed by atoms with E-state index in [1.807, 2.05) is 4.90 Å². The number of hydrogen-bond donors (Lipinski definition) is 2. The van der Waals surface area contributed by atoms with Crippen LogP contribution in [0.5, 0.6) is 0 Å². The highest BCUT2D eigenvalue weighted by molar-refractivity contribution is 5.81. The van der Waals surface area contributed by atoms with E-state index in [9.17, 15) is 9.90 Å². The Labute approximate surface area is 103 Å². The molecule has 0 aromatic heterocycles. The first kappa shape index (κ1) is 12.8. The summed E-state index contributed by atoms with van der Waals surface area (Å²) in [5, 5.41) is 10.1. The number of carbonyl (C=O) groups excluding carboxylic acids is 1. The molecule has 2 heterocycles. The minimum Gasteiger partial charge on any atom is -0.376 e. The molecule has 0 spiro atoms. The van der Waals surface area contributed by atoms with Crippen LogP contribution in [0.1, 0.15) is 32.1 Å². The van der Waals surface area contributed by atoms with Crippen LogP contribution in [-0.2, 0) is 4.79 Å². The second-order valence-corrected chi connectivity index (χ2v) is 5.11. The number of aliphatic hydroxyl groups is 1. The standard InChI is InChI=1S/C12H23N3O2/c13-10-5-1-2-8-15(12(10)17)9-11(16)14-6-3-4-7-14/h10-11,16H,1-9,13H2. The largest absolute Gasteiger partial charge is 0.376 e. The number of aliphatic hydroxyl groups excluding tert-OH is 1. The Morgan fingerprint density at radius 3 is 2.59 bits per heavy atom. The van der Waals surface area contributed by atoms with E-state index in [0.717, 1.165) is 51.7 Å². The molecular formula is C12H23N3O2. The summed E-state index contributed by atoms with van der Waals surface area (Å²) in [4.78, 5) is 15.7. The van der Waals surface area contributed by atoms with Crippen LogP contribution in [0.25, 0.3) is 0 Å². The van der Waals surface area contributed by atoms with E-state index >= 15 is 0 Å². The lowest BCUT2D eigenvalue weighted by Crippen LogP contribution is -2.49. The first-order valence-electron chi connectivity index (χ1n) is 6.65. The van der Waals surface area contributed by atoms with Crippen molar-refractivity contribution in [1.82, 2.24) is 9.80 Å². The summed E-state index contributed by atoms with van der Waals surface area (Å²) in [6.07, 6.45) is 4.53. The minimum absolute atomic E-state index is 0.000692. The highest BCUT2D eigenvalue weighted by Crippen LogP contribution is 2.14. The van der Waals surface area contributed by atoms with Crippen molar-refractivity contribution in [2.24, 2.45) is 5.73 Å². The van der Waals surface area contributed by atoms with Crippen LogP contribution in [0.15, 0.2) is 0 Å². The molecule has 2 aliphatic rings. The summed E-state index contributed by atoms with van der Waals surface area (Å²) in [7, 11) is 0. The lowest BCUT2D eigenvalue weighted by Gasteiger charge is -2.29. The van der Waals surface area contributed by atoms with Gasteiger partial charge in [-0.3, -0.25) is 9.69 Å². The zero-order valence-corrected chi connectivity index (χ0v) is 10.3. The van der Waals surface area contributed by atoms with Crippen molar-refractivity contribution in [3.8, 4) is 0 Å². The highest BCUT2D eigenvalue weighted by atomic mass is 16.3. The minimum atomic E-state index is -0.522. The predicted octanol–water partition coefficient (Wildman–Crippen LogP) is -0.260. The smallest absolute Gasteiger partial charge is 0.239 e. The van der Waals surface area contributed by atoms with E-state index < -0.39 is 6.23 Å². The molecule has 0 saturated carbocycles. The van der Waals surface area contributed by atoms with Crippen molar-refractivity contribution >= 4 is 5.91 Å². The van der Waals surface area contributed by atoms with E-state index in [1.165, 1.54) is 0 Å². The van der Waals surface area contributed by atoms with Crippen LogP contribution in [0.4, 0.5) is 0 Å². The first-order valence-corrected chi connectivity index (χ1v) is 6.65. The number of likely N-dealkylation sites (tertiary alicyclic amines) is 2. The molecule has 2 aliphatic heterocycles. The highest BCUT2D eigenvalue weighted by Gasteiger charge is 2.28. The van der Waals surface area contributed by atoms with Gasteiger partial charge in [-0.25, -0.2) is 0 Å². The average molecular weight is 241 g/mol. The lowest BCUT2D eigenvalue weighted by molar-refractivity contribution is -0.135. The van der Waals surface area contributed by atoms with Crippen molar-refractivity contribution in [1.29, 1.82) is 0 Å². The summed E-state index contributed by atoms with van der Waals surface area (Å²) < 4.78 is 0. The fraction of sp³-hybridized carbons (Fsp3) is 0.917. The van der Waals surface area contributed by atoms with Crippen LogP contribution < -0.4 is 5.73 Å². The fourth-order valence-corrected chi connectivity index (χ4v) is 2.67. The molecule has 5 nitrogen and oxygen atoms in total. The molecule has 2 unspecified atom stereocenters. The third-order valence-corrected chi connectivity index (χ3v) is 3.77. The Bertz CT molecular complexity index is 266. The zero-order chi connectivity index (χ0) is 12.3. The quantitative estimate of drug-likeness (QED) is 0.714. The molecule has 0 bridgehead atoms. The van der Waals surface area contributed by atoms with Gasteiger partial charge in [0.1, 0.15) is 6.23 Å². The number of carbonyl (C=O) groups is 1. The van der Waals surface area contributed by atoms with E-state index in [2.05, 4.69) is 0 Å². The third kappa shape index (κ3) is 3.18. The second kappa shape index (κ2) is 5.80. The van der Waals surface area contributed by atoms with Gasteiger partial charge in [0.2, 0.25) is 5.91 Å². The molecular weight excluding hydrogens is 218 g/mol. The summed E-state index contributed by atoms with van der Waals surface area (Å²) in [6, 6.07) is -0.372. The molecule has 1 amide bonds. The molecule has 98 valence electrons. The fourth-order valence-electron chi connectivity index (χ4n) is 2.67. The number of hydrogen-bond acceptors (Lipinski definition) is 4. The van der Waals surface area contributed by atoms with Gasteiger partial charge in [-0.1, -0.05) is 0 Å². The van der Waals surface area contributed by atoms with E-state index in [-0.39, 0.29) is 11.9 Å². The maximum absolute atomic E-state index is 12.0. The monoisotopic (exact) mass is 241 g/mol. The molecule has 17 heavy (non-hydrogen) atoms. The van der Waals surface area contributed by atoms with E-state index in [4.69, 9.17) is 5.73 Å². The van der Waals surface area contributed by atoms with E-state index in [0.29, 0.717) is 6.54 Å². The van der Waals surface area contributed by atoms with Gasteiger partial charge in [-0.2, -0.15) is 0 Å². The lowest BCUT2D eigenvalue weighted by atomic mass is 10.1. The molecule has 3 N–H and O–H groups in total. The number of amides is 1. The van der Waals surface area contributed by atoms with Gasteiger partial charge in [-0.05, 0) is 32.1 Å². The maximum atomic E-state index is 12.0. The number of β-amino-alcohol motifs (C(OH)–C–C–N with tert-alkyl or cyclic N) is 1. The maximum Gasteiger partial charge on any atom is 0.239 e. The summed E-state index contributed by atoms with van der Waals surface area (Å²) in [6.45, 7) is 3.02. The summed E-state index contributed by atoms with van der Waals surface area (Å²) in [5.74, 6) is 0.000692. The van der Waals surface area contributed by atoms with Crippen molar-refractivity contribution in [3.05, 3.63) is 0 Å². The Balaban J connectivity index is 1.89. The SMILES string of the molecule is NC1CCCCN(CC(O)N2CCCC2)C1=O. The van der Waals surface area contributed by atoms with Crippen molar-refractivity contribution in [3.63, 3.8) is 0 Å². The molecule has 2 fully saturated rings. The molecule has 0 aromatic carbocycles. The van der Waals surface area contributed by atoms with E-state index in [1.54, 1.807) is 4.90 Å². The van der Waals surface area contributed by atoms with Crippen LogP contribution in [0.2, 0.25) is 0 Å². The Hall–Kier alpha value is -0.650.